The number of rotatable bonds is 3. The molecule has 0 N–H and O–H groups in total. The van der Waals surface area contributed by atoms with E-state index in [0.29, 0.717) is 11.6 Å². The molecule has 8 aromatic rings. The largest absolute Gasteiger partial charge is 0.236 e. The highest BCUT2D eigenvalue weighted by Gasteiger charge is 2.17. The van der Waals surface area contributed by atoms with Crippen molar-refractivity contribution in [3.63, 3.8) is 0 Å². The molecule has 0 spiro atoms. The van der Waals surface area contributed by atoms with Crippen LogP contribution in [0.15, 0.2) is 134 Å². The highest BCUT2D eigenvalue weighted by Crippen LogP contribution is 2.38. The zero-order valence-corrected chi connectivity index (χ0v) is 21.5. The molecule has 0 saturated heterocycles. The molecular weight excluding hydrogens is 488 g/mol. The maximum Gasteiger partial charge on any atom is 0.163 e. The molecule has 0 saturated carbocycles. The average Bonchev–Trinajstić information content (AvgIpc) is 3.04. The van der Waals surface area contributed by atoms with Gasteiger partial charge in [-0.15, -0.1) is 0 Å². The first-order valence-electron chi connectivity index (χ1n) is 13.3. The van der Waals surface area contributed by atoms with Crippen LogP contribution in [-0.2, 0) is 0 Å². The third-order valence-electron chi connectivity index (χ3n) is 7.55. The third-order valence-corrected chi connectivity index (χ3v) is 7.55. The van der Waals surface area contributed by atoms with Gasteiger partial charge in [0.05, 0.1) is 16.8 Å². The zero-order valence-electron chi connectivity index (χ0n) is 21.5. The van der Waals surface area contributed by atoms with Gasteiger partial charge in [0.15, 0.2) is 11.6 Å². The Bertz CT molecular complexity index is 2210. The van der Waals surface area contributed by atoms with E-state index in [-0.39, 0.29) is 0 Å². The Kier molecular flexibility index (Phi) is 5.10. The van der Waals surface area contributed by atoms with Gasteiger partial charge in [-0.05, 0) is 39.1 Å². The lowest BCUT2D eigenvalue weighted by Crippen LogP contribution is -1.99. The van der Waals surface area contributed by atoms with Gasteiger partial charge >= 0.3 is 0 Å². The van der Waals surface area contributed by atoms with Crippen LogP contribution >= 0.6 is 0 Å². The number of hydrogen-bond donors (Lipinski definition) is 0. The van der Waals surface area contributed by atoms with Gasteiger partial charge in [0.25, 0.3) is 0 Å². The molecular formula is C36H22N4. The van der Waals surface area contributed by atoms with Crippen LogP contribution in [0.5, 0.6) is 0 Å². The van der Waals surface area contributed by atoms with E-state index in [1.165, 1.54) is 21.5 Å². The standard InChI is InChI=1S/C36H22N4/c1-3-11-23(12-4-1)33-32(22-37-35(39-33)24-13-5-2-6-14-24)36-38-21-31-28-18-10-9-17-27(28)29-19-25-15-7-8-16-26(25)20-30(29)34(31)40-36/h1-22H. The van der Waals surface area contributed by atoms with Crippen molar-refractivity contribution in [2.75, 3.05) is 0 Å². The Morgan fingerprint density at radius 2 is 0.975 bits per heavy atom. The van der Waals surface area contributed by atoms with Crippen molar-refractivity contribution in [2.45, 2.75) is 0 Å². The summed E-state index contributed by atoms with van der Waals surface area (Å²) >= 11 is 0. The Morgan fingerprint density at radius 1 is 0.400 bits per heavy atom. The van der Waals surface area contributed by atoms with Crippen molar-refractivity contribution in [2.24, 2.45) is 0 Å². The Balaban J connectivity index is 1.43. The monoisotopic (exact) mass is 510 g/mol. The van der Waals surface area contributed by atoms with E-state index in [4.69, 9.17) is 19.9 Å². The third kappa shape index (κ3) is 3.62. The maximum atomic E-state index is 5.23. The highest BCUT2D eigenvalue weighted by molar-refractivity contribution is 6.26. The first-order chi connectivity index (χ1) is 19.8. The molecule has 0 aliphatic heterocycles. The highest BCUT2D eigenvalue weighted by atomic mass is 14.9. The molecule has 0 aliphatic carbocycles. The number of nitrogens with zero attached hydrogens (tertiary/aromatic N) is 4. The summed E-state index contributed by atoms with van der Waals surface area (Å²) in [6.45, 7) is 0. The van der Waals surface area contributed by atoms with Gasteiger partial charge in [0, 0.05) is 34.3 Å². The summed E-state index contributed by atoms with van der Waals surface area (Å²) in [5.41, 5.74) is 4.50. The summed E-state index contributed by atoms with van der Waals surface area (Å²) in [5, 5.41) is 8.07. The minimum Gasteiger partial charge on any atom is -0.236 e. The van der Waals surface area contributed by atoms with Crippen LogP contribution in [-0.4, -0.2) is 19.9 Å². The fraction of sp³-hybridized carbons (Fsp3) is 0. The predicted octanol–water partition coefficient (Wildman–Crippen LogP) is 8.88. The van der Waals surface area contributed by atoms with Crippen LogP contribution in [0.2, 0.25) is 0 Å². The van der Waals surface area contributed by atoms with Crippen molar-refractivity contribution >= 4 is 43.2 Å². The second-order valence-corrected chi connectivity index (χ2v) is 9.93. The Hall–Kier alpha value is -5.48. The predicted molar refractivity (Wildman–Crippen MR) is 164 cm³/mol. The van der Waals surface area contributed by atoms with E-state index in [1.54, 1.807) is 0 Å². The number of hydrogen-bond acceptors (Lipinski definition) is 4. The van der Waals surface area contributed by atoms with Crippen LogP contribution in [0.3, 0.4) is 0 Å². The molecule has 0 atom stereocenters. The quantitative estimate of drug-likeness (QED) is 0.176. The summed E-state index contributed by atoms with van der Waals surface area (Å²) in [5.74, 6) is 1.28. The molecule has 40 heavy (non-hydrogen) atoms. The summed E-state index contributed by atoms with van der Waals surface area (Å²) in [6.07, 6.45) is 3.81. The molecule has 0 fully saturated rings. The number of fused-ring (bicyclic) bond motifs is 7. The van der Waals surface area contributed by atoms with Gasteiger partial charge in [-0.2, -0.15) is 0 Å². The van der Waals surface area contributed by atoms with Gasteiger partial charge in [-0.3, -0.25) is 0 Å². The van der Waals surface area contributed by atoms with E-state index in [2.05, 4.69) is 72.8 Å². The first kappa shape index (κ1) is 22.5. The molecule has 4 heteroatoms. The number of benzene rings is 6. The SMILES string of the molecule is c1ccc(-c2ncc(-c3ncc4c5ccccc5c5cc6ccccc6cc5c4n3)c(-c3ccccc3)n2)cc1. The normalized spacial score (nSPS) is 11.5. The van der Waals surface area contributed by atoms with Crippen molar-refractivity contribution in [3.8, 4) is 34.0 Å². The number of aromatic nitrogens is 4. The Morgan fingerprint density at radius 3 is 1.70 bits per heavy atom. The molecule has 6 aromatic carbocycles. The lowest BCUT2D eigenvalue weighted by atomic mass is 9.95. The molecule has 186 valence electrons. The molecule has 2 heterocycles. The van der Waals surface area contributed by atoms with Gasteiger partial charge in [-0.25, -0.2) is 19.9 Å². The Labute approximate surface area is 230 Å². The molecule has 4 nitrogen and oxygen atoms in total. The fourth-order valence-electron chi connectivity index (χ4n) is 5.61. The molecule has 0 radical (unpaired) electrons. The summed E-state index contributed by atoms with van der Waals surface area (Å²) in [4.78, 5) is 19.9. The topological polar surface area (TPSA) is 51.6 Å². The lowest BCUT2D eigenvalue weighted by molar-refractivity contribution is 1.15. The molecule has 0 unspecified atom stereocenters. The van der Waals surface area contributed by atoms with Gasteiger partial charge in [0.2, 0.25) is 0 Å². The molecule has 0 aliphatic rings. The lowest BCUT2D eigenvalue weighted by Gasteiger charge is -2.13. The summed E-state index contributed by atoms with van der Waals surface area (Å²) in [7, 11) is 0. The van der Waals surface area contributed by atoms with E-state index in [1.807, 2.05) is 60.9 Å². The molecule has 8 rings (SSSR count). The van der Waals surface area contributed by atoms with Crippen LogP contribution in [0.1, 0.15) is 0 Å². The smallest absolute Gasteiger partial charge is 0.163 e. The second-order valence-electron chi connectivity index (χ2n) is 9.93. The van der Waals surface area contributed by atoms with Crippen LogP contribution in [0, 0.1) is 0 Å². The summed E-state index contributed by atoms with van der Waals surface area (Å²) < 4.78 is 0. The van der Waals surface area contributed by atoms with Crippen molar-refractivity contribution < 1.29 is 0 Å². The molecule has 0 amide bonds. The summed E-state index contributed by atoms with van der Waals surface area (Å²) in [6, 6.07) is 41.8. The van der Waals surface area contributed by atoms with Crippen molar-refractivity contribution in [1.82, 2.24) is 19.9 Å². The van der Waals surface area contributed by atoms with Crippen molar-refractivity contribution in [1.29, 1.82) is 0 Å². The van der Waals surface area contributed by atoms with E-state index in [0.717, 1.165) is 44.1 Å². The second kappa shape index (κ2) is 9.07. The molecule has 2 aromatic heterocycles. The molecule has 0 bridgehead atoms. The average molecular weight is 511 g/mol. The first-order valence-corrected chi connectivity index (χ1v) is 13.3. The van der Waals surface area contributed by atoms with Crippen molar-refractivity contribution in [3.05, 3.63) is 134 Å². The van der Waals surface area contributed by atoms with Gasteiger partial charge < -0.3 is 0 Å². The van der Waals surface area contributed by atoms with E-state index < -0.39 is 0 Å². The maximum absolute atomic E-state index is 5.23. The van der Waals surface area contributed by atoms with Gasteiger partial charge in [-0.1, -0.05) is 109 Å². The van der Waals surface area contributed by atoms with Crippen LogP contribution < -0.4 is 0 Å². The minimum absolute atomic E-state index is 0.607. The minimum atomic E-state index is 0.607. The van der Waals surface area contributed by atoms with Crippen LogP contribution in [0.25, 0.3) is 77.3 Å². The van der Waals surface area contributed by atoms with E-state index in [9.17, 15) is 0 Å². The fourth-order valence-corrected chi connectivity index (χ4v) is 5.61. The van der Waals surface area contributed by atoms with E-state index >= 15 is 0 Å². The zero-order chi connectivity index (χ0) is 26.5. The van der Waals surface area contributed by atoms with Gasteiger partial charge in [0.1, 0.15) is 0 Å². The van der Waals surface area contributed by atoms with Crippen LogP contribution in [0.4, 0.5) is 0 Å².